The van der Waals surface area contributed by atoms with Crippen molar-refractivity contribution in [2.45, 2.75) is 25.7 Å². The molecule has 19 heavy (non-hydrogen) atoms. The van der Waals surface area contributed by atoms with E-state index < -0.39 is 5.92 Å². The molecule has 1 saturated carbocycles. The van der Waals surface area contributed by atoms with E-state index in [1.54, 1.807) is 4.68 Å². The van der Waals surface area contributed by atoms with Crippen molar-refractivity contribution in [2.75, 3.05) is 0 Å². The monoisotopic (exact) mass is 256 g/mol. The van der Waals surface area contributed by atoms with Crippen LogP contribution in [0.4, 0.5) is 0 Å². The number of aryl methyl sites for hydroxylation is 1. The Balaban J connectivity index is 2.04. The van der Waals surface area contributed by atoms with Gasteiger partial charge >= 0.3 is 0 Å². The second-order valence-electron chi connectivity index (χ2n) is 5.12. The zero-order valence-electron chi connectivity index (χ0n) is 10.9. The van der Waals surface area contributed by atoms with Crippen LogP contribution in [0.2, 0.25) is 0 Å². The zero-order valence-corrected chi connectivity index (χ0v) is 10.9. The number of carbonyl (C=O) groups is 2. The summed E-state index contributed by atoms with van der Waals surface area (Å²) in [6.07, 6.45) is 3.06. The molecule has 0 spiro atoms. The fourth-order valence-corrected chi connectivity index (χ4v) is 2.82. The zero-order chi connectivity index (χ0) is 13.4. The fraction of sp³-hybridized carbons (Fsp3) is 0.400. The Morgan fingerprint density at radius 1 is 1.32 bits per heavy atom. The summed E-state index contributed by atoms with van der Waals surface area (Å²) in [5.41, 5.74) is 1.37. The van der Waals surface area contributed by atoms with Gasteiger partial charge in [0.1, 0.15) is 11.5 Å². The normalized spacial score (nSPS) is 19.8. The van der Waals surface area contributed by atoms with E-state index in [9.17, 15) is 9.59 Å². The highest BCUT2D eigenvalue weighted by Crippen LogP contribution is 2.27. The number of ketones is 2. The van der Waals surface area contributed by atoms with Crippen LogP contribution in [0.15, 0.2) is 24.3 Å². The second kappa shape index (κ2) is 4.61. The Hall–Kier alpha value is -1.97. The van der Waals surface area contributed by atoms with E-state index >= 15 is 0 Å². The first-order chi connectivity index (χ1) is 9.18. The minimum Gasteiger partial charge on any atom is -0.299 e. The van der Waals surface area contributed by atoms with Gasteiger partial charge in [-0.2, -0.15) is 5.10 Å². The Labute approximate surface area is 111 Å². The quantitative estimate of drug-likeness (QED) is 0.613. The summed E-state index contributed by atoms with van der Waals surface area (Å²) in [4.78, 5) is 24.4. The molecule has 0 saturated heterocycles. The molecule has 1 unspecified atom stereocenters. The van der Waals surface area contributed by atoms with Gasteiger partial charge in [0.25, 0.3) is 0 Å². The number of Topliss-reactive ketones (excluding diaryl/α,β-unsaturated/α-hetero) is 2. The number of hydrogen-bond acceptors (Lipinski definition) is 3. The van der Waals surface area contributed by atoms with E-state index in [0.29, 0.717) is 18.5 Å². The predicted molar refractivity (Wildman–Crippen MR) is 72.0 cm³/mol. The molecule has 0 N–H and O–H groups in total. The van der Waals surface area contributed by atoms with Crippen molar-refractivity contribution in [3.63, 3.8) is 0 Å². The lowest BCUT2D eigenvalue weighted by molar-refractivity contribution is -0.122. The smallest absolute Gasteiger partial charge is 0.194 e. The molecule has 98 valence electrons. The van der Waals surface area contributed by atoms with E-state index in [4.69, 9.17) is 0 Å². The molecule has 1 aliphatic rings. The number of hydrogen-bond donors (Lipinski definition) is 0. The molecule has 1 aromatic carbocycles. The van der Waals surface area contributed by atoms with Crippen molar-refractivity contribution in [3.05, 3.63) is 30.0 Å². The van der Waals surface area contributed by atoms with Crippen molar-refractivity contribution in [1.82, 2.24) is 9.78 Å². The third-order valence-electron chi connectivity index (χ3n) is 3.86. The molecule has 4 heteroatoms. The maximum absolute atomic E-state index is 12.5. The molecular weight excluding hydrogens is 240 g/mol. The maximum Gasteiger partial charge on any atom is 0.194 e. The first-order valence-electron chi connectivity index (χ1n) is 6.67. The molecular formula is C15H16N2O2. The number of fused-ring (bicyclic) bond motifs is 1. The number of aromatic nitrogens is 2. The summed E-state index contributed by atoms with van der Waals surface area (Å²) in [7, 11) is 1.82. The summed E-state index contributed by atoms with van der Waals surface area (Å²) in [5.74, 6) is -0.514. The van der Waals surface area contributed by atoms with Crippen molar-refractivity contribution >= 4 is 22.5 Å². The number of nitrogens with zero attached hydrogens (tertiary/aromatic N) is 2. The van der Waals surface area contributed by atoms with Crippen LogP contribution in [0.1, 0.15) is 36.2 Å². The predicted octanol–water partition coefficient (Wildman–Crippen LogP) is 2.52. The second-order valence-corrected chi connectivity index (χ2v) is 5.12. The lowest BCUT2D eigenvalue weighted by Gasteiger charge is -2.18. The highest BCUT2D eigenvalue weighted by Gasteiger charge is 2.32. The van der Waals surface area contributed by atoms with E-state index in [1.807, 2.05) is 31.3 Å². The van der Waals surface area contributed by atoms with Crippen molar-refractivity contribution in [3.8, 4) is 0 Å². The van der Waals surface area contributed by atoms with Crippen molar-refractivity contribution in [1.29, 1.82) is 0 Å². The van der Waals surface area contributed by atoms with Crippen molar-refractivity contribution in [2.24, 2.45) is 13.0 Å². The Bertz CT molecular complexity index is 657. The van der Waals surface area contributed by atoms with Crippen LogP contribution in [0.25, 0.3) is 10.9 Å². The summed E-state index contributed by atoms with van der Waals surface area (Å²) >= 11 is 0. The van der Waals surface area contributed by atoms with Crippen molar-refractivity contribution < 1.29 is 9.59 Å². The standard InChI is InChI=1S/C15H16N2O2/c1-17-12-8-4-2-6-10(12)14(16-17)15(19)11-7-3-5-9-13(11)18/h2,4,6,8,11H,3,5,7,9H2,1H3. The summed E-state index contributed by atoms with van der Waals surface area (Å²) < 4.78 is 1.70. The molecule has 0 radical (unpaired) electrons. The molecule has 3 rings (SSSR count). The van der Waals surface area contributed by atoms with Gasteiger partial charge in [0.05, 0.1) is 11.4 Å². The molecule has 1 aliphatic carbocycles. The van der Waals surface area contributed by atoms with Crippen LogP contribution >= 0.6 is 0 Å². The lowest BCUT2D eigenvalue weighted by Crippen LogP contribution is -2.27. The molecule has 4 nitrogen and oxygen atoms in total. The maximum atomic E-state index is 12.5. The van der Waals surface area contributed by atoms with Crippen LogP contribution in [0.3, 0.4) is 0 Å². The lowest BCUT2D eigenvalue weighted by atomic mass is 9.83. The highest BCUT2D eigenvalue weighted by molar-refractivity contribution is 6.15. The molecule has 1 aromatic heterocycles. The summed E-state index contributed by atoms with van der Waals surface area (Å²) in [5, 5.41) is 5.16. The molecule has 1 fully saturated rings. The third-order valence-corrected chi connectivity index (χ3v) is 3.86. The van der Waals surface area contributed by atoms with Gasteiger partial charge in [-0.3, -0.25) is 14.3 Å². The van der Waals surface area contributed by atoms with Crippen LogP contribution in [-0.4, -0.2) is 21.3 Å². The summed E-state index contributed by atoms with van der Waals surface area (Å²) in [6, 6.07) is 7.64. The number of benzene rings is 1. The van der Waals surface area contributed by atoms with Crippen LogP contribution in [0.5, 0.6) is 0 Å². The largest absolute Gasteiger partial charge is 0.299 e. The van der Waals surface area contributed by atoms with Gasteiger partial charge in [-0.15, -0.1) is 0 Å². The molecule has 1 atom stereocenters. The minimum absolute atomic E-state index is 0.0750. The fourth-order valence-electron chi connectivity index (χ4n) is 2.82. The Morgan fingerprint density at radius 2 is 2.11 bits per heavy atom. The summed E-state index contributed by atoms with van der Waals surface area (Å²) in [6.45, 7) is 0. The van der Waals surface area contributed by atoms with Gasteiger partial charge in [0.15, 0.2) is 5.78 Å². The molecule has 0 bridgehead atoms. The third kappa shape index (κ3) is 1.97. The molecule has 0 amide bonds. The van der Waals surface area contributed by atoms with Gasteiger partial charge in [-0.05, 0) is 18.9 Å². The first kappa shape index (κ1) is 12.1. The van der Waals surface area contributed by atoms with Gasteiger partial charge in [-0.1, -0.05) is 24.6 Å². The molecule has 0 aliphatic heterocycles. The number of rotatable bonds is 2. The average Bonchev–Trinajstić information content (AvgIpc) is 2.77. The topological polar surface area (TPSA) is 52.0 Å². The van der Waals surface area contributed by atoms with Gasteiger partial charge < -0.3 is 0 Å². The van der Waals surface area contributed by atoms with Crippen LogP contribution in [-0.2, 0) is 11.8 Å². The first-order valence-corrected chi connectivity index (χ1v) is 6.67. The average molecular weight is 256 g/mol. The Kier molecular flexibility index (Phi) is 2.93. The highest BCUT2D eigenvalue weighted by atomic mass is 16.2. The van der Waals surface area contributed by atoms with E-state index in [0.717, 1.165) is 23.7 Å². The van der Waals surface area contributed by atoms with Crippen LogP contribution in [0, 0.1) is 5.92 Å². The van der Waals surface area contributed by atoms with Gasteiger partial charge in [-0.25, -0.2) is 0 Å². The van der Waals surface area contributed by atoms with E-state index in [-0.39, 0.29) is 11.6 Å². The minimum atomic E-state index is -0.480. The van der Waals surface area contributed by atoms with Crippen LogP contribution < -0.4 is 0 Å². The molecule has 2 aromatic rings. The number of para-hydroxylation sites is 1. The number of carbonyl (C=O) groups excluding carboxylic acids is 2. The van der Waals surface area contributed by atoms with Gasteiger partial charge in [0.2, 0.25) is 0 Å². The molecule has 1 heterocycles. The van der Waals surface area contributed by atoms with E-state index in [1.165, 1.54) is 0 Å². The SMILES string of the molecule is Cn1nc(C(=O)C2CCCCC2=O)c2ccccc21. The van der Waals surface area contributed by atoms with E-state index in [2.05, 4.69) is 5.10 Å². The Morgan fingerprint density at radius 3 is 2.89 bits per heavy atom. The van der Waals surface area contributed by atoms with Gasteiger partial charge in [0, 0.05) is 18.9 Å².